The highest BCUT2D eigenvalue weighted by Crippen LogP contribution is 2.49. The lowest BCUT2D eigenvalue weighted by molar-refractivity contribution is 0.590. The molecule has 20 rings (SSSR count). The van der Waals surface area contributed by atoms with Crippen molar-refractivity contribution < 1.29 is 0 Å². The van der Waals surface area contributed by atoms with Crippen LogP contribution in [0.25, 0.3) is 143 Å². The zero-order valence-corrected chi connectivity index (χ0v) is 61.4. The van der Waals surface area contributed by atoms with E-state index >= 15 is 0 Å². The molecule has 2 heterocycles. The number of rotatable bonds is 12. The number of aryl methyl sites for hydroxylation is 1. The molecule has 0 aliphatic carbocycles. The van der Waals surface area contributed by atoms with Crippen LogP contribution in [0.15, 0.2) is 400 Å². The lowest BCUT2D eigenvalue weighted by Crippen LogP contribution is -2.10. The van der Waals surface area contributed by atoms with Gasteiger partial charge >= 0.3 is 0 Å². The Kier molecular flexibility index (Phi) is 16.7. The molecule has 0 saturated carbocycles. The fraction of sp³-hybridized carbons (Fsp3) is 0.0476. The van der Waals surface area contributed by atoms with Gasteiger partial charge in [-0.05, 0) is 227 Å². The molecule has 0 aliphatic rings. The minimum absolute atomic E-state index is 0.0621. The number of hydrogen-bond acceptors (Lipinski definition) is 2. The Hall–Kier alpha value is -13.8. The van der Waals surface area contributed by atoms with Gasteiger partial charge in [-0.1, -0.05) is 305 Å². The molecule has 518 valence electrons. The van der Waals surface area contributed by atoms with E-state index in [2.05, 4.69) is 447 Å². The molecule has 4 heteroatoms. The second kappa shape index (κ2) is 27.6. The number of anilines is 6. The van der Waals surface area contributed by atoms with E-state index in [1.807, 2.05) is 0 Å². The van der Waals surface area contributed by atoms with Crippen LogP contribution in [0.4, 0.5) is 34.1 Å². The van der Waals surface area contributed by atoms with Crippen LogP contribution < -0.4 is 9.80 Å². The fourth-order valence-electron chi connectivity index (χ4n) is 17.0. The van der Waals surface area contributed by atoms with Crippen molar-refractivity contribution in [3.8, 4) is 55.9 Å². The van der Waals surface area contributed by atoms with E-state index in [9.17, 15) is 0 Å². The maximum atomic E-state index is 2.41. The lowest BCUT2D eigenvalue weighted by atomic mass is 9.82. The van der Waals surface area contributed by atoms with E-state index in [4.69, 9.17) is 0 Å². The zero-order valence-electron chi connectivity index (χ0n) is 61.4. The van der Waals surface area contributed by atoms with Crippen molar-refractivity contribution in [2.45, 2.75) is 33.1 Å². The second-order valence-electron chi connectivity index (χ2n) is 29.6. The molecule has 0 amide bonds. The number of nitrogens with zero attached hydrogens (tertiary/aromatic N) is 4. The number of benzene rings is 18. The molecule has 0 saturated heterocycles. The van der Waals surface area contributed by atoms with Gasteiger partial charge in [0.2, 0.25) is 0 Å². The van der Waals surface area contributed by atoms with Gasteiger partial charge in [0.25, 0.3) is 0 Å². The summed E-state index contributed by atoms with van der Waals surface area (Å²) in [4.78, 5) is 4.67. The number of para-hydroxylation sites is 6. The number of aromatic nitrogens is 2. The van der Waals surface area contributed by atoms with Crippen LogP contribution in [-0.4, -0.2) is 9.13 Å². The van der Waals surface area contributed by atoms with Gasteiger partial charge in [0.05, 0.1) is 22.1 Å². The van der Waals surface area contributed by atoms with Gasteiger partial charge in [-0.25, -0.2) is 0 Å². The highest BCUT2D eigenvalue weighted by atomic mass is 15.1. The maximum absolute atomic E-state index is 2.41. The topological polar surface area (TPSA) is 16.3 Å². The van der Waals surface area contributed by atoms with Gasteiger partial charge in [-0.15, -0.1) is 0 Å². The van der Waals surface area contributed by atoms with Crippen molar-refractivity contribution >= 4 is 121 Å². The second-order valence-corrected chi connectivity index (χ2v) is 29.6. The number of fused-ring (bicyclic) bond motifs is 10. The van der Waals surface area contributed by atoms with Crippen LogP contribution >= 0.6 is 0 Å². The summed E-state index contributed by atoms with van der Waals surface area (Å²) in [6.45, 7) is 9.04. The van der Waals surface area contributed by atoms with Gasteiger partial charge in [0.1, 0.15) is 0 Å². The molecular weight excluding hydrogens is 1320 g/mol. The normalized spacial score (nSPS) is 11.7. The van der Waals surface area contributed by atoms with Crippen molar-refractivity contribution in [3.63, 3.8) is 0 Å². The molecule has 18 aromatic carbocycles. The highest BCUT2D eigenvalue weighted by Gasteiger charge is 2.24. The summed E-state index contributed by atoms with van der Waals surface area (Å²) >= 11 is 0. The Bertz CT molecular complexity index is 6610. The summed E-state index contributed by atoms with van der Waals surface area (Å²) in [7, 11) is 0. The van der Waals surface area contributed by atoms with Crippen molar-refractivity contribution in [1.82, 2.24) is 9.13 Å². The maximum Gasteiger partial charge on any atom is 0.0542 e. The Morgan fingerprint density at radius 2 is 0.486 bits per heavy atom. The molecule has 0 radical (unpaired) electrons. The van der Waals surface area contributed by atoms with E-state index in [0.29, 0.717) is 0 Å². The first-order valence-electron chi connectivity index (χ1n) is 37.8. The number of hydrogen-bond donors (Lipinski definition) is 0. The first-order valence-corrected chi connectivity index (χ1v) is 37.8. The van der Waals surface area contributed by atoms with Gasteiger partial charge in [-0.3, -0.25) is 0 Å². The van der Waals surface area contributed by atoms with Gasteiger partial charge < -0.3 is 18.9 Å². The Morgan fingerprint density at radius 3 is 0.817 bits per heavy atom. The molecule has 0 fully saturated rings. The predicted molar refractivity (Wildman–Crippen MR) is 466 cm³/mol. The van der Waals surface area contributed by atoms with E-state index < -0.39 is 0 Å². The molecule has 109 heavy (non-hydrogen) atoms. The van der Waals surface area contributed by atoms with Gasteiger partial charge in [0.15, 0.2) is 0 Å². The van der Waals surface area contributed by atoms with Crippen molar-refractivity contribution in [2.75, 3.05) is 9.80 Å². The third-order valence-electron chi connectivity index (χ3n) is 21.9. The van der Waals surface area contributed by atoms with Crippen molar-refractivity contribution in [2.24, 2.45) is 0 Å². The first kappa shape index (κ1) is 65.9. The fourth-order valence-corrected chi connectivity index (χ4v) is 17.0. The summed E-state index contributed by atoms with van der Waals surface area (Å²) in [5.41, 5.74) is 26.5. The molecular formula is C105H78N4. The lowest BCUT2D eigenvalue weighted by Gasteiger charge is -2.25. The average molecular weight is 1400 g/mol. The van der Waals surface area contributed by atoms with Crippen molar-refractivity contribution in [1.29, 1.82) is 0 Å². The quantitative estimate of drug-likeness (QED) is 0.113. The molecule has 4 nitrogen and oxygen atoms in total. The standard InChI is InChI=1S/C54H42N2.C51H36N2/c1-54(2,3)39-18-16-17-38(35-39)53-47-26-12-10-24-45(47)52(46-25-11-13-27-48(46)53)37-29-31-42(32-30-37)56-50-28-15-14-23-44(50)49-36-43(33-34-51(49)56)55(40-19-6-4-7-20-40)41-21-8-5-9-22-41;1-35-15-14-16-37(33-35)51-45-24-10-8-22-43(45)50(44-23-9-11-25-46(44)51)36-27-29-40(30-28-36)53-48-26-13-12-21-42(48)47-34-41(31-32-49(47)53)52(38-17-4-2-5-18-38)39-19-6-3-7-20-39/h4-36H,1-3H3;2-34H,1H3. The predicted octanol–water partition coefficient (Wildman–Crippen LogP) is 29.4. The molecule has 0 bridgehead atoms. The SMILES string of the molecule is CC(C)(C)c1cccc(-c2c3ccccc3c(-c3ccc(-n4c5ccccc5c5cc(N(c6ccccc6)c6ccccc6)ccc54)cc3)c3ccccc23)c1.Cc1cccc(-c2c3ccccc3c(-c3ccc(-n4c5ccccc5c5cc(N(c6ccccc6)c6ccccc6)ccc54)cc3)c3ccccc23)c1. The molecule has 0 aliphatic heterocycles. The summed E-state index contributed by atoms with van der Waals surface area (Å²) in [6.07, 6.45) is 0. The zero-order chi connectivity index (χ0) is 73.1. The minimum atomic E-state index is 0.0621. The Labute approximate surface area is 636 Å². The summed E-state index contributed by atoms with van der Waals surface area (Å²) in [5.74, 6) is 0. The van der Waals surface area contributed by atoms with Crippen molar-refractivity contribution in [3.05, 3.63) is 412 Å². The van der Waals surface area contributed by atoms with Crippen LogP contribution in [0.5, 0.6) is 0 Å². The summed E-state index contributed by atoms with van der Waals surface area (Å²) < 4.78 is 4.82. The summed E-state index contributed by atoms with van der Waals surface area (Å²) in [6, 6.07) is 146. The van der Waals surface area contributed by atoms with Crippen LogP contribution in [0.2, 0.25) is 0 Å². The smallest absolute Gasteiger partial charge is 0.0542 e. The molecule has 2 aromatic heterocycles. The van der Waals surface area contributed by atoms with E-state index in [1.165, 1.54) is 142 Å². The van der Waals surface area contributed by atoms with E-state index in [1.54, 1.807) is 0 Å². The van der Waals surface area contributed by atoms with Crippen LogP contribution in [0, 0.1) is 6.92 Å². The van der Waals surface area contributed by atoms with Gasteiger partial charge in [-0.2, -0.15) is 0 Å². The first-order chi connectivity index (χ1) is 53.7. The Morgan fingerprint density at radius 1 is 0.202 bits per heavy atom. The minimum Gasteiger partial charge on any atom is -0.310 e. The third kappa shape index (κ3) is 11.8. The highest BCUT2D eigenvalue weighted by molar-refractivity contribution is 6.23. The Balaban J connectivity index is 0.000000148. The molecule has 0 N–H and O–H groups in total. The average Bonchev–Trinajstić information content (AvgIpc) is 1.70. The van der Waals surface area contributed by atoms with Crippen LogP contribution in [0.3, 0.4) is 0 Å². The molecule has 20 aromatic rings. The van der Waals surface area contributed by atoms with E-state index in [-0.39, 0.29) is 5.41 Å². The molecule has 0 atom stereocenters. The van der Waals surface area contributed by atoms with E-state index in [0.717, 1.165) is 45.5 Å². The van der Waals surface area contributed by atoms with Gasteiger partial charge in [0, 0.05) is 67.0 Å². The third-order valence-corrected chi connectivity index (χ3v) is 21.9. The van der Waals surface area contributed by atoms with Crippen LogP contribution in [0.1, 0.15) is 31.9 Å². The largest absolute Gasteiger partial charge is 0.310 e. The summed E-state index contributed by atoms with van der Waals surface area (Å²) in [5, 5.41) is 15.1. The van der Waals surface area contributed by atoms with Crippen LogP contribution in [-0.2, 0) is 5.41 Å². The molecule has 0 unspecified atom stereocenters. The molecule has 0 spiro atoms. The monoisotopic (exact) mass is 1390 g/mol.